The second-order valence-corrected chi connectivity index (χ2v) is 6.56. The number of thiophene rings is 1. The molecule has 1 aliphatic carbocycles. The summed E-state index contributed by atoms with van der Waals surface area (Å²) in [5, 5.41) is 10.5. The van der Waals surface area contributed by atoms with Crippen LogP contribution in [0.4, 0.5) is 0 Å². The molecule has 1 N–H and O–H groups in total. The molecular weight excluding hydrogens is 216 g/mol. The van der Waals surface area contributed by atoms with Crippen molar-refractivity contribution >= 4 is 11.3 Å². The molecule has 1 aromatic heterocycles. The zero-order valence-electron chi connectivity index (χ0n) is 10.3. The molecule has 1 saturated carbocycles. The van der Waals surface area contributed by atoms with Crippen molar-refractivity contribution in [1.29, 1.82) is 0 Å². The summed E-state index contributed by atoms with van der Waals surface area (Å²) in [7, 11) is 0. The Morgan fingerprint density at radius 3 is 2.50 bits per heavy atom. The van der Waals surface area contributed by atoms with Crippen LogP contribution in [0.3, 0.4) is 0 Å². The van der Waals surface area contributed by atoms with Crippen LogP contribution in [0, 0.1) is 5.92 Å². The molecule has 0 aromatic carbocycles. The summed E-state index contributed by atoms with van der Waals surface area (Å²) in [5.74, 6) is 0.801. The van der Waals surface area contributed by atoms with E-state index < -0.39 is 5.60 Å². The zero-order valence-corrected chi connectivity index (χ0v) is 11.1. The van der Waals surface area contributed by atoms with Crippen LogP contribution in [0.25, 0.3) is 0 Å². The molecule has 0 bridgehead atoms. The minimum Gasteiger partial charge on any atom is -0.390 e. The fourth-order valence-corrected chi connectivity index (χ4v) is 3.60. The Morgan fingerprint density at radius 2 is 1.94 bits per heavy atom. The van der Waals surface area contributed by atoms with E-state index in [0.717, 1.165) is 31.6 Å². The number of aryl methyl sites for hydroxylation is 1. The van der Waals surface area contributed by atoms with E-state index in [-0.39, 0.29) is 0 Å². The zero-order chi connectivity index (χ0) is 11.6. The summed E-state index contributed by atoms with van der Waals surface area (Å²) in [6.45, 7) is 4.48. The van der Waals surface area contributed by atoms with Gasteiger partial charge in [0.25, 0.3) is 0 Å². The quantitative estimate of drug-likeness (QED) is 0.849. The van der Waals surface area contributed by atoms with Crippen LogP contribution in [-0.4, -0.2) is 10.7 Å². The minimum atomic E-state index is -0.414. The number of rotatable bonds is 3. The van der Waals surface area contributed by atoms with Gasteiger partial charge in [-0.15, -0.1) is 11.3 Å². The van der Waals surface area contributed by atoms with Crippen LogP contribution in [0.5, 0.6) is 0 Å². The van der Waals surface area contributed by atoms with Crippen LogP contribution in [0.2, 0.25) is 0 Å². The lowest BCUT2D eigenvalue weighted by Gasteiger charge is -2.34. The van der Waals surface area contributed by atoms with Crippen molar-refractivity contribution in [1.82, 2.24) is 0 Å². The average Bonchev–Trinajstić information content (AvgIpc) is 2.70. The molecule has 90 valence electrons. The fraction of sp³-hybridized carbons (Fsp3) is 0.714. The molecule has 1 fully saturated rings. The first-order chi connectivity index (χ1) is 7.61. The van der Waals surface area contributed by atoms with Gasteiger partial charge in [0.05, 0.1) is 5.60 Å². The van der Waals surface area contributed by atoms with Gasteiger partial charge in [-0.05, 0) is 50.2 Å². The number of hydrogen-bond donors (Lipinski definition) is 1. The summed E-state index contributed by atoms with van der Waals surface area (Å²) in [6.07, 6.45) is 6.30. The second kappa shape index (κ2) is 4.89. The molecule has 0 saturated heterocycles. The first-order valence-corrected chi connectivity index (χ1v) is 7.23. The van der Waals surface area contributed by atoms with Gasteiger partial charge in [-0.1, -0.05) is 13.8 Å². The van der Waals surface area contributed by atoms with Gasteiger partial charge >= 0.3 is 0 Å². The summed E-state index contributed by atoms with van der Waals surface area (Å²) in [5.41, 5.74) is -0.414. The molecule has 0 atom stereocenters. The van der Waals surface area contributed by atoms with Crippen LogP contribution in [-0.2, 0) is 12.8 Å². The Labute approximate surface area is 103 Å². The van der Waals surface area contributed by atoms with Crippen molar-refractivity contribution in [2.45, 2.75) is 58.0 Å². The van der Waals surface area contributed by atoms with Gasteiger partial charge in [0, 0.05) is 16.2 Å². The molecule has 2 rings (SSSR count). The number of aliphatic hydroxyl groups is 1. The minimum absolute atomic E-state index is 0.414. The molecule has 0 unspecified atom stereocenters. The van der Waals surface area contributed by atoms with Crippen molar-refractivity contribution in [2.24, 2.45) is 5.92 Å². The Hall–Kier alpha value is -0.340. The topological polar surface area (TPSA) is 20.2 Å². The SMILES string of the molecule is CCc1ccc(CC2(O)CCC(C)CC2)s1. The third kappa shape index (κ3) is 2.86. The highest BCUT2D eigenvalue weighted by Crippen LogP contribution is 2.35. The molecule has 0 spiro atoms. The summed E-state index contributed by atoms with van der Waals surface area (Å²) < 4.78 is 0. The van der Waals surface area contributed by atoms with Gasteiger partial charge in [-0.25, -0.2) is 0 Å². The lowest BCUT2D eigenvalue weighted by atomic mass is 9.78. The smallest absolute Gasteiger partial charge is 0.0696 e. The van der Waals surface area contributed by atoms with E-state index in [9.17, 15) is 5.11 Å². The first kappa shape index (κ1) is 12.1. The maximum atomic E-state index is 10.5. The summed E-state index contributed by atoms with van der Waals surface area (Å²) in [4.78, 5) is 2.79. The molecule has 1 nitrogen and oxygen atoms in total. The standard InChI is InChI=1S/C14H22OS/c1-3-12-4-5-13(16-12)10-14(15)8-6-11(2)7-9-14/h4-5,11,15H,3,6-10H2,1-2H3. The van der Waals surface area contributed by atoms with Crippen LogP contribution in [0.15, 0.2) is 12.1 Å². The maximum absolute atomic E-state index is 10.5. The lowest BCUT2D eigenvalue weighted by Crippen LogP contribution is -2.35. The third-order valence-corrected chi connectivity index (χ3v) is 5.00. The first-order valence-electron chi connectivity index (χ1n) is 6.41. The normalized spacial score (nSPS) is 30.6. The van der Waals surface area contributed by atoms with Gasteiger partial charge in [-0.3, -0.25) is 0 Å². The van der Waals surface area contributed by atoms with Crippen molar-refractivity contribution in [3.05, 3.63) is 21.9 Å². The summed E-state index contributed by atoms with van der Waals surface area (Å²) in [6, 6.07) is 4.40. The fourth-order valence-electron chi connectivity index (χ4n) is 2.51. The molecular formula is C14H22OS. The molecule has 1 aromatic rings. The van der Waals surface area contributed by atoms with E-state index in [0.29, 0.717) is 0 Å². The number of hydrogen-bond acceptors (Lipinski definition) is 2. The van der Waals surface area contributed by atoms with Crippen LogP contribution < -0.4 is 0 Å². The Balaban J connectivity index is 1.97. The predicted octanol–water partition coefficient (Wildman–Crippen LogP) is 3.79. The van der Waals surface area contributed by atoms with Crippen molar-refractivity contribution in [3.8, 4) is 0 Å². The van der Waals surface area contributed by atoms with E-state index in [2.05, 4.69) is 26.0 Å². The summed E-state index contributed by atoms with van der Waals surface area (Å²) >= 11 is 1.87. The van der Waals surface area contributed by atoms with Crippen molar-refractivity contribution in [2.75, 3.05) is 0 Å². The third-order valence-electron chi connectivity index (χ3n) is 3.77. The van der Waals surface area contributed by atoms with E-state index in [1.165, 1.54) is 22.6 Å². The molecule has 1 aliphatic rings. The second-order valence-electron chi connectivity index (χ2n) is 5.31. The highest BCUT2D eigenvalue weighted by Gasteiger charge is 2.32. The van der Waals surface area contributed by atoms with Gasteiger partial charge in [-0.2, -0.15) is 0 Å². The average molecular weight is 238 g/mol. The van der Waals surface area contributed by atoms with Crippen molar-refractivity contribution < 1.29 is 5.11 Å². The van der Waals surface area contributed by atoms with Gasteiger partial charge in [0.1, 0.15) is 0 Å². The highest BCUT2D eigenvalue weighted by atomic mass is 32.1. The largest absolute Gasteiger partial charge is 0.390 e. The van der Waals surface area contributed by atoms with Crippen LogP contribution in [0.1, 0.15) is 49.3 Å². The molecule has 2 heteroatoms. The maximum Gasteiger partial charge on any atom is 0.0696 e. The van der Waals surface area contributed by atoms with E-state index in [1.807, 2.05) is 11.3 Å². The monoisotopic (exact) mass is 238 g/mol. The van der Waals surface area contributed by atoms with Gasteiger partial charge in [0.15, 0.2) is 0 Å². The Kier molecular flexibility index (Phi) is 3.70. The molecule has 0 aliphatic heterocycles. The molecule has 0 amide bonds. The van der Waals surface area contributed by atoms with E-state index in [1.54, 1.807) is 0 Å². The van der Waals surface area contributed by atoms with E-state index >= 15 is 0 Å². The van der Waals surface area contributed by atoms with Crippen LogP contribution >= 0.6 is 11.3 Å². The molecule has 0 radical (unpaired) electrons. The Morgan fingerprint density at radius 1 is 1.31 bits per heavy atom. The highest BCUT2D eigenvalue weighted by molar-refractivity contribution is 7.12. The van der Waals surface area contributed by atoms with Gasteiger partial charge < -0.3 is 5.11 Å². The Bertz CT molecular complexity index is 334. The van der Waals surface area contributed by atoms with E-state index in [4.69, 9.17) is 0 Å². The van der Waals surface area contributed by atoms with Crippen molar-refractivity contribution in [3.63, 3.8) is 0 Å². The molecule has 1 heterocycles. The predicted molar refractivity (Wildman–Crippen MR) is 70.0 cm³/mol. The lowest BCUT2D eigenvalue weighted by molar-refractivity contribution is -0.00601. The van der Waals surface area contributed by atoms with Gasteiger partial charge in [0.2, 0.25) is 0 Å². The molecule has 16 heavy (non-hydrogen) atoms.